The second-order valence-electron chi connectivity index (χ2n) is 4.37. The second kappa shape index (κ2) is 5.94. The first-order valence-electron chi connectivity index (χ1n) is 6.15. The van der Waals surface area contributed by atoms with Crippen molar-refractivity contribution in [1.82, 2.24) is 4.57 Å². The van der Waals surface area contributed by atoms with E-state index in [4.69, 9.17) is 14.6 Å². The van der Waals surface area contributed by atoms with Crippen LogP contribution >= 0.6 is 0 Å². The van der Waals surface area contributed by atoms with E-state index in [1.165, 1.54) is 18.8 Å². The van der Waals surface area contributed by atoms with Crippen molar-refractivity contribution in [2.75, 3.05) is 20.8 Å². The first kappa shape index (κ1) is 14.4. The Bertz CT molecular complexity index is 664. The molecule has 0 aliphatic rings. The number of benzene rings is 1. The predicted octanol–water partition coefficient (Wildman–Crippen LogP) is 0.372. The molecule has 0 bridgehead atoms. The van der Waals surface area contributed by atoms with Crippen molar-refractivity contribution in [2.24, 2.45) is 0 Å². The first-order chi connectivity index (χ1) is 9.62. The molecule has 1 heterocycles. The molecule has 1 atom stereocenters. The molecule has 0 saturated carbocycles. The Labute approximate surface area is 115 Å². The van der Waals surface area contributed by atoms with Gasteiger partial charge in [-0.25, -0.2) is 0 Å². The molecule has 108 valence electrons. The SMILES string of the molecule is COc1ccc2c(=O)n(C[C@@H](O)CO)ccc2c1OC. The van der Waals surface area contributed by atoms with Crippen LogP contribution in [-0.2, 0) is 6.54 Å². The van der Waals surface area contributed by atoms with E-state index in [0.29, 0.717) is 22.3 Å². The highest BCUT2D eigenvalue weighted by atomic mass is 16.5. The predicted molar refractivity (Wildman–Crippen MR) is 74.4 cm³/mol. The van der Waals surface area contributed by atoms with Crippen LogP contribution in [0.3, 0.4) is 0 Å². The van der Waals surface area contributed by atoms with Crippen molar-refractivity contribution in [1.29, 1.82) is 0 Å². The Morgan fingerprint density at radius 2 is 1.95 bits per heavy atom. The van der Waals surface area contributed by atoms with Gasteiger partial charge in [-0.3, -0.25) is 4.79 Å². The van der Waals surface area contributed by atoms with Gasteiger partial charge >= 0.3 is 0 Å². The van der Waals surface area contributed by atoms with Crippen molar-refractivity contribution >= 4 is 10.8 Å². The smallest absolute Gasteiger partial charge is 0.258 e. The third-order valence-corrected chi connectivity index (χ3v) is 3.11. The molecule has 0 fully saturated rings. The zero-order valence-electron chi connectivity index (χ0n) is 11.4. The number of ether oxygens (including phenoxy) is 2. The molecule has 6 nitrogen and oxygen atoms in total. The van der Waals surface area contributed by atoms with Crippen molar-refractivity contribution in [3.63, 3.8) is 0 Å². The molecule has 0 aliphatic heterocycles. The van der Waals surface area contributed by atoms with Crippen LogP contribution in [0.1, 0.15) is 0 Å². The van der Waals surface area contributed by atoms with Gasteiger partial charge in [0.2, 0.25) is 0 Å². The third-order valence-electron chi connectivity index (χ3n) is 3.11. The molecule has 2 aromatic rings. The minimum absolute atomic E-state index is 0.0413. The number of nitrogens with zero attached hydrogens (tertiary/aromatic N) is 1. The van der Waals surface area contributed by atoms with Gasteiger partial charge in [0, 0.05) is 11.6 Å². The molecule has 20 heavy (non-hydrogen) atoms. The molecule has 1 aromatic heterocycles. The van der Waals surface area contributed by atoms with Crippen molar-refractivity contribution in [3.05, 3.63) is 34.7 Å². The summed E-state index contributed by atoms with van der Waals surface area (Å²) < 4.78 is 11.8. The maximum Gasteiger partial charge on any atom is 0.258 e. The van der Waals surface area contributed by atoms with Gasteiger partial charge < -0.3 is 24.3 Å². The van der Waals surface area contributed by atoms with E-state index in [0.717, 1.165) is 0 Å². The summed E-state index contributed by atoms with van der Waals surface area (Å²) in [4.78, 5) is 12.3. The number of rotatable bonds is 5. The van der Waals surface area contributed by atoms with Gasteiger partial charge in [0.25, 0.3) is 5.56 Å². The lowest BCUT2D eigenvalue weighted by molar-refractivity contribution is 0.0805. The van der Waals surface area contributed by atoms with E-state index in [1.54, 1.807) is 24.4 Å². The third kappa shape index (κ3) is 2.48. The summed E-state index contributed by atoms with van der Waals surface area (Å²) in [5, 5.41) is 19.4. The first-order valence-corrected chi connectivity index (χ1v) is 6.15. The van der Waals surface area contributed by atoms with Gasteiger partial charge in [-0.2, -0.15) is 0 Å². The standard InChI is InChI=1S/C14H17NO5/c1-19-12-4-3-11-10(13(12)20-2)5-6-15(14(11)18)7-9(17)8-16/h3-6,9,16-17H,7-8H2,1-2H3/t9-/m1/s1. The van der Waals surface area contributed by atoms with Gasteiger partial charge in [-0.15, -0.1) is 0 Å². The second-order valence-corrected chi connectivity index (χ2v) is 4.37. The molecule has 6 heteroatoms. The van der Waals surface area contributed by atoms with Crippen molar-refractivity contribution in [2.45, 2.75) is 12.6 Å². The van der Waals surface area contributed by atoms with E-state index in [1.807, 2.05) is 0 Å². The van der Waals surface area contributed by atoms with Crippen LogP contribution in [0.2, 0.25) is 0 Å². The van der Waals surface area contributed by atoms with Crippen LogP contribution in [0.15, 0.2) is 29.2 Å². The topological polar surface area (TPSA) is 80.9 Å². The average molecular weight is 279 g/mol. The number of fused-ring (bicyclic) bond motifs is 1. The summed E-state index contributed by atoms with van der Waals surface area (Å²) in [7, 11) is 3.04. The number of hydrogen-bond acceptors (Lipinski definition) is 5. The number of aliphatic hydroxyl groups excluding tert-OH is 2. The summed E-state index contributed by atoms with van der Waals surface area (Å²) >= 11 is 0. The molecule has 0 aliphatic carbocycles. The van der Waals surface area contributed by atoms with Crippen LogP contribution in [0.4, 0.5) is 0 Å². The van der Waals surface area contributed by atoms with E-state index in [9.17, 15) is 9.90 Å². The average Bonchev–Trinajstić information content (AvgIpc) is 2.48. The van der Waals surface area contributed by atoms with E-state index in [2.05, 4.69) is 0 Å². The van der Waals surface area contributed by atoms with Crippen LogP contribution in [-0.4, -0.2) is 41.7 Å². The van der Waals surface area contributed by atoms with Gasteiger partial charge in [-0.1, -0.05) is 0 Å². The number of methoxy groups -OCH3 is 2. The number of pyridine rings is 1. The Balaban J connectivity index is 2.60. The fourth-order valence-electron chi connectivity index (χ4n) is 2.12. The zero-order valence-corrected chi connectivity index (χ0v) is 11.4. The largest absolute Gasteiger partial charge is 0.493 e. The van der Waals surface area contributed by atoms with Gasteiger partial charge in [-0.05, 0) is 18.2 Å². The lowest BCUT2D eigenvalue weighted by Crippen LogP contribution is -2.28. The maximum atomic E-state index is 12.3. The van der Waals surface area contributed by atoms with E-state index < -0.39 is 12.7 Å². The summed E-state index contributed by atoms with van der Waals surface area (Å²) in [5.41, 5.74) is -0.254. The van der Waals surface area contributed by atoms with Gasteiger partial charge in [0.1, 0.15) is 0 Å². The molecule has 0 saturated heterocycles. The van der Waals surface area contributed by atoms with Crippen LogP contribution in [0.5, 0.6) is 11.5 Å². The maximum absolute atomic E-state index is 12.3. The number of aromatic nitrogens is 1. The normalized spacial score (nSPS) is 12.4. The molecular formula is C14H17NO5. The Kier molecular flexibility index (Phi) is 4.26. The summed E-state index contributed by atoms with van der Waals surface area (Å²) in [5.74, 6) is 1.05. The zero-order chi connectivity index (χ0) is 14.7. The minimum atomic E-state index is -0.967. The lowest BCUT2D eigenvalue weighted by atomic mass is 10.1. The van der Waals surface area contributed by atoms with Gasteiger partial charge in [0.15, 0.2) is 11.5 Å². The molecule has 0 unspecified atom stereocenters. The molecule has 2 rings (SSSR count). The molecular weight excluding hydrogens is 262 g/mol. The molecule has 1 aromatic carbocycles. The van der Waals surface area contributed by atoms with Crippen LogP contribution in [0.25, 0.3) is 10.8 Å². The van der Waals surface area contributed by atoms with Gasteiger partial charge in [0.05, 0.1) is 38.9 Å². The fourth-order valence-corrected chi connectivity index (χ4v) is 2.12. The number of aliphatic hydroxyl groups is 2. The fraction of sp³-hybridized carbons (Fsp3) is 0.357. The quantitative estimate of drug-likeness (QED) is 0.826. The highest BCUT2D eigenvalue weighted by Crippen LogP contribution is 2.33. The molecule has 0 radical (unpaired) electrons. The van der Waals surface area contributed by atoms with Crippen molar-refractivity contribution in [3.8, 4) is 11.5 Å². The minimum Gasteiger partial charge on any atom is -0.493 e. The van der Waals surface area contributed by atoms with E-state index >= 15 is 0 Å². The molecule has 2 N–H and O–H groups in total. The monoisotopic (exact) mass is 279 g/mol. The Hall–Kier alpha value is -2.05. The summed E-state index contributed by atoms with van der Waals surface area (Å²) in [6, 6.07) is 5.04. The van der Waals surface area contributed by atoms with E-state index in [-0.39, 0.29) is 12.1 Å². The Morgan fingerprint density at radius 3 is 2.55 bits per heavy atom. The lowest BCUT2D eigenvalue weighted by Gasteiger charge is -2.13. The van der Waals surface area contributed by atoms with Crippen molar-refractivity contribution < 1.29 is 19.7 Å². The molecule has 0 spiro atoms. The highest BCUT2D eigenvalue weighted by molar-refractivity contribution is 5.90. The van der Waals surface area contributed by atoms with Crippen LogP contribution in [0, 0.1) is 0 Å². The summed E-state index contributed by atoms with van der Waals surface area (Å²) in [6.45, 7) is -0.351. The number of hydrogen-bond donors (Lipinski definition) is 2. The summed E-state index contributed by atoms with van der Waals surface area (Å²) in [6.07, 6.45) is 0.594. The van der Waals surface area contributed by atoms with Crippen LogP contribution < -0.4 is 15.0 Å². The highest BCUT2D eigenvalue weighted by Gasteiger charge is 2.13. The molecule has 0 amide bonds. The Morgan fingerprint density at radius 1 is 1.20 bits per heavy atom.